The Hall–Kier alpha value is -1.79. The van der Waals surface area contributed by atoms with E-state index in [0.29, 0.717) is 0 Å². The molecule has 1 rings (SSSR count). The summed E-state index contributed by atoms with van der Waals surface area (Å²) >= 11 is 0. The molecule has 1 fully saturated rings. The number of piperazine rings is 1. The summed E-state index contributed by atoms with van der Waals surface area (Å²) in [6.45, 7) is 4.73. The zero-order valence-electron chi connectivity index (χ0n) is 11.0. The molecule has 1 heterocycles. The van der Waals surface area contributed by atoms with Crippen LogP contribution in [0.15, 0.2) is 0 Å². The molecule has 1 unspecified atom stereocenters. The molecule has 0 saturated carbocycles. The Balaban J connectivity index is 2.86. The Morgan fingerprint density at radius 3 is 2.39 bits per heavy atom. The molecule has 2 amide bonds. The van der Waals surface area contributed by atoms with Gasteiger partial charge in [-0.25, -0.2) is 9.59 Å². The third-order valence-electron chi connectivity index (χ3n) is 2.47. The van der Waals surface area contributed by atoms with Crippen molar-refractivity contribution < 1.29 is 24.2 Å². The van der Waals surface area contributed by atoms with E-state index in [4.69, 9.17) is 9.84 Å². The van der Waals surface area contributed by atoms with E-state index in [1.165, 1.54) is 11.9 Å². The van der Waals surface area contributed by atoms with Gasteiger partial charge in [0.05, 0.1) is 6.54 Å². The molecule has 1 N–H and O–H groups in total. The summed E-state index contributed by atoms with van der Waals surface area (Å²) in [6.07, 6.45) is -0.781. The second-order valence-corrected chi connectivity index (χ2v) is 5.24. The molecule has 102 valence electrons. The van der Waals surface area contributed by atoms with E-state index >= 15 is 0 Å². The predicted molar refractivity (Wildman–Crippen MR) is 62.0 cm³/mol. The average molecular weight is 258 g/mol. The monoisotopic (exact) mass is 258 g/mol. The van der Waals surface area contributed by atoms with Crippen LogP contribution in [0.25, 0.3) is 0 Å². The van der Waals surface area contributed by atoms with E-state index in [9.17, 15) is 14.4 Å². The number of amides is 2. The van der Waals surface area contributed by atoms with Gasteiger partial charge in [-0.3, -0.25) is 9.69 Å². The van der Waals surface area contributed by atoms with Gasteiger partial charge in [0.1, 0.15) is 12.1 Å². The van der Waals surface area contributed by atoms with Crippen LogP contribution >= 0.6 is 0 Å². The molecule has 0 aromatic rings. The molecule has 18 heavy (non-hydrogen) atoms. The van der Waals surface area contributed by atoms with Gasteiger partial charge in [-0.1, -0.05) is 0 Å². The Kier molecular flexibility index (Phi) is 3.83. The van der Waals surface area contributed by atoms with Gasteiger partial charge in [0.2, 0.25) is 5.91 Å². The van der Waals surface area contributed by atoms with Gasteiger partial charge in [0.15, 0.2) is 6.04 Å². The van der Waals surface area contributed by atoms with Gasteiger partial charge >= 0.3 is 12.1 Å². The number of carbonyl (C=O) groups excluding carboxylic acids is 2. The largest absolute Gasteiger partial charge is 0.480 e. The van der Waals surface area contributed by atoms with E-state index < -0.39 is 23.7 Å². The number of rotatable bonds is 1. The molecule has 1 atom stereocenters. The Bertz CT molecular complexity index is 374. The normalized spacial score (nSPS) is 20.9. The number of carbonyl (C=O) groups is 3. The first-order valence-corrected chi connectivity index (χ1v) is 5.58. The summed E-state index contributed by atoms with van der Waals surface area (Å²) in [7, 11) is 1.50. The summed E-state index contributed by atoms with van der Waals surface area (Å²) in [6, 6.07) is -1.07. The van der Waals surface area contributed by atoms with Gasteiger partial charge in [0, 0.05) is 7.05 Å². The van der Waals surface area contributed by atoms with Gasteiger partial charge < -0.3 is 14.7 Å². The van der Waals surface area contributed by atoms with Crippen LogP contribution < -0.4 is 0 Å². The molecule has 0 aliphatic carbocycles. The molecule has 0 aromatic heterocycles. The molecule has 0 radical (unpaired) electrons. The maximum absolute atomic E-state index is 11.9. The molecule has 7 heteroatoms. The van der Waals surface area contributed by atoms with Crippen LogP contribution in [0.5, 0.6) is 0 Å². The number of hydrogen-bond acceptors (Lipinski definition) is 4. The van der Waals surface area contributed by atoms with Gasteiger partial charge in [-0.05, 0) is 20.8 Å². The minimum atomic E-state index is -1.15. The molecular formula is C11H18N2O5. The molecule has 0 spiro atoms. The molecule has 0 aromatic carbocycles. The third-order valence-corrected chi connectivity index (χ3v) is 2.47. The Morgan fingerprint density at radius 2 is 1.94 bits per heavy atom. The van der Waals surface area contributed by atoms with Crippen molar-refractivity contribution in [1.82, 2.24) is 9.80 Å². The minimum Gasteiger partial charge on any atom is -0.480 e. The van der Waals surface area contributed by atoms with Crippen LogP contribution in [0.1, 0.15) is 20.8 Å². The molecule has 1 saturated heterocycles. The highest BCUT2D eigenvalue weighted by Gasteiger charge is 2.39. The van der Waals surface area contributed by atoms with Crippen LogP contribution in [0, 0.1) is 0 Å². The van der Waals surface area contributed by atoms with Gasteiger partial charge in [-0.2, -0.15) is 0 Å². The van der Waals surface area contributed by atoms with Crippen molar-refractivity contribution in [2.45, 2.75) is 32.4 Å². The number of hydrogen-bond donors (Lipinski definition) is 1. The fraction of sp³-hybridized carbons (Fsp3) is 0.727. The van der Waals surface area contributed by atoms with Crippen LogP contribution in [0.2, 0.25) is 0 Å². The van der Waals surface area contributed by atoms with E-state index in [1.807, 2.05) is 0 Å². The first kappa shape index (κ1) is 14.3. The number of carboxylic acids is 1. The lowest BCUT2D eigenvalue weighted by Crippen LogP contribution is -2.60. The minimum absolute atomic E-state index is 0.0343. The van der Waals surface area contributed by atoms with Crippen LogP contribution in [0.3, 0.4) is 0 Å². The summed E-state index contributed by atoms with van der Waals surface area (Å²) in [5, 5.41) is 9.07. The average Bonchev–Trinajstić information content (AvgIpc) is 2.18. The van der Waals surface area contributed by atoms with Crippen molar-refractivity contribution in [3.63, 3.8) is 0 Å². The van der Waals surface area contributed by atoms with Crippen molar-refractivity contribution in [1.29, 1.82) is 0 Å². The van der Waals surface area contributed by atoms with E-state index in [0.717, 1.165) is 4.90 Å². The van der Waals surface area contributed by atoms with Crippen molar-refractivity contribution in [2.24, 2.45) is 0 Å². The van der Waals surface area contributed by atoms with Crippen molar-refractivity contribution in [2.75, 3.05) is 20.1 Å². The van der Waals surface area contributed by atoms with Crippen molar-refractivity contribution in [3.8, 4) is 0 Å². The predicted octanol–water partition coefficient (Wildman–Crippen LogP) is 0.149. The highest BCUT2D eigenvalue weighted by molar-refractivity contribution is 5.89. The molecule has 1 aliphatic rings. The van der Waals surface area contributed by atoms with Crippen molar-refractivity contribution in [3.05, 3.63) is 0 Å². The van der Waals surface area contributed by atoms with E-state index in [-0.39, 0.29) is 19.0 Å². The van der Waals surface area contributed by atoms with Crippen LogP contribution in [0.4, 0.5) is 4.79 Å². The molecule has 0 bridgehead atoms. The van der Waals surface area contributed by atoms with Gasteiger partial charge in [-0.15, -0.1) is 0 Å². The quantitative estimate of drug-likeness (QED) is 0.723. The first-order valence-electron chi connectivity index (χ1n) is 5.58. The highest BCUT2D eigenvalue weighted by Crippen LogP contribution is 2.15. The van der Waals surface area contributed by atoms with Crippen LogP contribution in [-0.2, 0) is 14.3 Å². The van der Waals surface area contributed by atoms with Crippen molar-refractivity contribution >= 4 is 18.0 Å². The lowest BCUT2D eigenvalue weighted by atomic mass is 10.1. The summed E-state index contributed by atoms with van der Waals surface area (Å²) < 4.78 is 5.09. The molecule has 7 nitrogen and oxygen atoms in total. The number of aliphatic carboxylic acids is 1. The topological polar surface area (TPSA) is 87.2 Å². The third kappa shape index (κ3) is 3.35. The number of ether oxygens (including phenoxy) is 1. The van der Waals surface area contributed by atoms with Gasteiger partial charge in [0.25, 0.3) is 0 Å². The summed E-state index contributed by atoms with van der Waals surface area (Å²) in [5.41, 5.74) is -0.730. The second kappa shape index (κ2) is 4.83. The first-order chi connectivity index (χ1) is 8.11. The fourth-order valence-corrected chi connectivity index (χ4v) is 1.56. The second-order valence-electron chi connectivity index (χ2n) is 5.24. The van der Waals surface area contributed by atoms with E-state index in [2.05, 4.69) is 0 Å². The smallest absolute Gasteiger partial charge is 0.411 e. The fourth-order valence-electron chi connectivity index (χ4n) is 1.56. The zero-order chi connectivity index (χ0) is 14.1. The zero-order valence-corrected chi connectivity index (χ0v) is 11.0. The number of likely N-dealkylation sites (N-methyl/N-ethyl adjacent to an activating group) is 1. The standard InChI is InChI=1S/C11H18N2O5/c1-11(2,3)18-10(17)13-6-8(14)12(4)5-7(13)9(15)16/h7H,5-6H2,1-4H3,(H,15,16). The Morgan fingerprint density at radius 1 is 1.39 bits per heavy atom. The Labute approximate surface area is 105 Å². The maximum Gasteiger partial charge on any atom is 0.411 e. The summed E-state index contributed by atoms with van der Waals surface area (Å²) in [4.78, 5) is 36.7. The van der Waals surface area contributed by atoms with E-state index in [1.54, 1.807) is 20.8 Å². The summed E-state index contributed by atoms with van der Waals surface area (Å²) in [5.74, 6) is -1.46. The van der Waals surface area contributed by atoms with Crippen LogP contribution in [-0.4, -0.2) is 64.7 Å². The molecular weight excluding hydrogens is 240 g/mol. The molecule has 1 aliphatic heterocycles. The lowest BCUT2D eigenvalue weighted by molar-refractivity contribution is -0.150. The lowest BCUT2D eigenvalue weighted by Gasteiger charge is -2.37. The number of nitrogens with zero attached hydrogens (tertiary/aromatic N) is 2. The maximum atomic E-state index is 11.9. The highest BCUT2D eigenvalue weighted by atomic mass is 16.6. The number of carboxylic acid groups (broad SMARTS) is 1. The SMILES string of the molecule is CN1CC(C(=O)O)N(C(=O)OC(C)(C)C)CC1=O.